The first-order valence-electron chi connectivity index (χ1n) is 10.7. The van der Waals surface area contributed by atoms with E-state index < -0.39 is 8.07 Å². The number of aromatic nitrogens is 1. The summed E-state index contributed by atoms with van der Waals surface area (Å²) in [5, 5.41) is 6.24. The van der Waals surface area contributed by atoms with Gasteiger partial charge in [-0.15, -0.1) is 0 Å². The first-order chi connectivity index (χ1) is 14.3. The molecule has 5 rings (SSSR count). The van der Waals surface area contributed by atoms with Gasteiger partial charge in [-0.2, -0.15) is 0 Å². The van der Waals surface area contributed by atoms with E-state index in [1.165, 1.54) is 26.9 Å². The van der Waals surface area contributed by atoms with Crippen LogP contribution in [0.25, 0.3) is 44.0 Å². The summed E-state index contributed by atoms with van der Waals surface area (Å²) in [4.78, 5) is 4.85. The zero-order valence-corrected chi connectivity index (χ0v) is 19.3. The maximum atomic E-state index is 6.43. The molecular formula is C27H27NOSi. The molecule has 0 bridgehead atoms. The third-order valence-electron chi connectivity index (χ3n) is 6.01. The van der Waals surface area contributed by atoms with Gasteiger partial charge in [0.15, 0.2) is 0 Å². The van der Waals surface area contributed by atoms with Gasteiger partial charge in [0, 0.05) is 17.1 Å². The molecule has 0 spiro atoms. The number of furan rings is 1. The number of hydrogen-bond donors (Lipinski definition) is 0. The minimum absolute atomic E-state index is 0.439. The van der Waals surface area contributed by atoms with Gasteiger partial charge in [-0.25, -0.2) is 0 Å². The lowest BCUT2D eigenvalue weighted by molar-refractivity contribution is 0.671. The lowest BCUT2D eigenvalue weighted by Crippen LogP contribution is -2.37. The Labute approximate surface area is 178 Å². The zero-order valence-electron chi connectivity index (χ0n) is 18.3. The highest BCUT2D eigenvalue weighted by Crippen LogP contribution is 2.38. The molecule has 0 aliphatic heterocycles. The minimum Gasteiger partial charge on any atom is -0.456 e. The molecule has 150 valence electrons. The van der Waals surface area contributed by atoms with Crippen molar-refractivity contribution in [1.82, 2.24) is 4.98 Å². The number of para-hydroxylation sites is 1. The first-order valence-corrected chi connectivity index (χ1v) is 14.2. The van der Waals surface area contributed by atoms with Gasteiger partial charge in [0.25, 0.3) is 0 Å². The van der Waals surface area contributed by atoms with Crippen molar-refractivity contribution in [2.24, 2.45) is 0 Å². The fourth-order valence-electron chi connectivity index (χ4n) is 4.51. The molecule has 3 aromatic carbocycles. The molecule has 0 aliphatic rings. The molecule has 0 fully saturated rings. The standard InChI is InChI=1S/C27H27NOSi/c1-17(2)22-16-19(15-18-9-6-7-10-20(18)22)26-25-21-11-8-12-24(30(3,4)5)27(21)29-23(25)13-14-28-26/h6-17H,1-5H3. The number of benzene rings is 3. The van der Waals surface area contributed by atoms with Crippen LogP contribution in [0.4, 0.5) is 0 Å². The van der Waals surface area contributed by atoms with Crippen LogP contribution in [0.3, 0.4) is 0 Å². The smallest absolute Gasteiger partial charge is 0.139 e. The molecule has 0 amide bonds. The molecule has 0 saturated heterocycles. The van der Waals surface area contributed by atoms with Crippen LogP contribution in [0, 0.1) is 0 Å². The van der Waals surface area contributed by atoms with Gasteiger partial charge >= 0.3 is 0 Å². The van der Waals surface area contributed by atoms with Gasteiger partial charge < -0.3 is 4.42 Å². The van der Waals surface area contributed by atoms with Crippen molar-refractivity contribution in [3.05, 3.63) is 72.4 Å². The number of hydrogen-bond acceptors (Lipinski definition) is 2. The Bertz CT molecular complexity index is 1410. The van der Waals surface area contributed by atoms with E-state index in [9.17, 15) is 0 Å². The SMILES string of the molecule is CC(C)c1cc(-c2nccc3oc4c([Si](C)(C)C)cccc4c23)cc2ccccc12. The van der Waals surface area contributed by atoms with Crippen molar-refractivity contribution in [3.63, 3.8) is 0 Å². The summed E-state index contributed by atoms with van der Waals surface area (Å²) in [6, 6.07) is 21.8. The number of rotatable bonds is 3. The highest BCUT2D eigenvalue weighted by atomic mass is 28.3. The van der Waals surface area contributed by atoms with Crippen molar-refractivity contribution in [3.8, 4) is 11.3 Å². The molecule has 0 saturated carbocycles. The van der Waals surface area contributed by atoms with E-state index in [0.29, 0.717) is 5.92 Å². The first kappa shape index (κ1) is 19.1. The van der Waals surface area contributed by atoms with E-state index in [2.05, 4.69) is 88.1 Å². The molecule has 0 aliphatic carbocycles. The molecule has 0 radical (unpaired) electrons. The molecule has 2 heterocycles. The minimum atomic E-state index is -1.53. The maximum Gasteiger partial charge on any atom is 0.139 e. The average molecular weight is 410 g/mol. The van der Waals surface area contributed by atoms with Gasteiger partial charge in [-0.1, -0.05) is 76.0 Å². The lowest BCUT2D eigenvalue weighted by atomic mass is 9.92. The summed E-state index contributed by atoms with van der Waals surface area (Å²) in [6.45, 7) is 11.6. The highest BCUT2D eigenvalue weighted by molar-refractivity contribution is 6.90. The quantitative estimate of drug-likeness (QED) is 0.289. The third-order valence-corrected chi connectivity index (χ3v) is 8.02. The van der Waals surface area contributed by atoms with Crippen molar-refractivity contribution in [1.29, 1.82) is 0 Å². The number of nitrogens with zero attached hydrogens (tertiary/aromatic N) is 1. The Balaban J connectivity index is 1.86. The van der Waals surface area contributed by atoms with Gasteiger partial charge in [0.1, 0.15) is 11.2 Å². The highest BCUT2D eigenvalue weighted by Gasteiger charge is 2.24. The van der Waals surface area contributed by atoms with Gasteiger partial charge in [0.2, 0.25) is 0 Å². The molecule has 0 atom stereocenters. The normalized spacial score (nSPS) is 12.5. The van der Waals surface area contributed by atoms with Gasteiger partial charge in [-0.3, -0.25) is 4.98 Å². The van der Waals surface area contributed by atoms with Gasteiger partial charge in [0.05, 0.1) is 19.2 Å². The van der Waals surface area contributed by atoms with E-state index >= 15 is 0 Å². The summed E-state index contributed by atoms with van der Waals surface area (Å²) in [6.07, 6.45) is 1.87. The van der Waals surface area contributed by atoms with Gasteiger partial charge in [-0.05, 0) is 45.6 Å². The maximum absolute atomic E-state index is 6.43. The molecule has 2 aromatic heterocycles. The fraction of sp³-hybridized carbons (Fsp3) is 0.222. The van der Waals surface area contributed by atoms with Crippen LogP contribution in [0.1, 0.15) is 25.3 Å². The second-order valence-electron chi connectivity index (χ2n) is 9.51. The summed E-state index contributed by atoms with van der Waals surface area (Å²) in [5.41, 5.74) is 5.47. The average Bonchev–Trinajstić information content (AvgIpc) is 3.10. The topological polar surface area (TPSA) is 26.0 Å². The summed E-state index contributed by atoms with van der Waals surface area (Å²) >= 11 is 0. The van der Waals surface area contributed by atoms with E-state index in [-0.39, 0.29) is 0 Å². The second-order valence-corrected chi connectivity index (χ2v) is 14.5. The van der Waals surface area contributed by atoms with Crippen LogP contribution in [-0.4, -0.2) is 13.1 Å². The van der Waals surface area contributed by atoms with E-state index in [4.69, 9.17) is 9.40 Å². The zero-order chi connectivity index (χ0) is 21.0. The molecular weight excluding hydrogens is 382 g/mol. The largest absolute Gasteiger partial charge is 0.456 e. The Morgan fingerprint density at radius 3 is 2.40 bits per heavy atom. The number of fused-ring (bicyclic) bond motifs is 4. The van der Waals surface area contributed by atoms with Crippen molar-refractivity contribution in [2.45, 2.75) is 39.4 Å². The predicted octanol–water partition coefficient (Wildman–Crippen LogP) is 7.47. The Morgan fingerprint density at radius 1 is 0.867 bits per heavy atom. The van der Waals surface area contributed by atoms with Crippen LogP contribution in [0.2, 0.25) is 19.6 Å². The van der Waals surface area contributed by atoms with Crippen molar-refractivity contribution >= 4 is 46.0 Å². The fourth-order valence-corrected chi connectivity index (χ4v) is 5.97. The molecule has 5 aromatic rings. The Morgan fingerprint density at radius 2 is 1.63 bits per heavy atom. The Kier molecular flexibility index (Phi) is 4.33. The Hall–Kier alpha value is -2.91. The summed E-state index contributed by atoms with van der Waals surface area (Å²) in [5.74, 6) is 0.439. The summed E-state index contributed by atoms with van der Waals surface area (Å²) in [7, 11) is -1.53. The molecule has 0 N–H and O–H groups in total. The molecule has 3 heteroatoms. The van der Waals surface area contributed by atoms with Crippen LogP contribution >= 0.6 is 0 Å². The van der Waals surface area contributed by atoms with Crippen molar-refractivity contribution < 1.29 is 4.42 Å². The summed E-state index contributed by atoms with van der Waals surface area (Å²) < 4.78 is 6.43. The predicted molar refractivity (Wildman–Crippen MR) is 132 cm³/mol. The van der Waals surface area contributed by atoms with Crippen LogP contribution in [0.15, 0.2) is 71.3 Å². The molecule has 2 nitrogen and oxygen atoms in total. The molecule has 0 unspecified atom stereocenters. The third kappa shape index (κ3) is 2.96. The van der Waals surface area contributed by atoms with Crippen LogP contribution in [0.5, 0.6) is 0 Å². The van der Waals surface area contributed by atoms with E-state index in [0.717, 1.165) is 27.8 Å². The van der Waals surface area contributed by atoms with Crippen LogP contribution < -0.4 is 5.19 Å². The van der Waals surface area contributed by atoms with Crippen LogP contribution in [-0.2, 0) is 0 Å². The second kappa shape index (κ2) is 6.81. The van der Waals surface area contributed by atoms with E-state index in [1.54, 1.807) is 0 Å². The molecule has 30 heavy (non-hydrogen) atoms. The van der Waals surface area contributed by atoms with E-state index in [1.807, 2.05) is 12.3 Å². The lowest BCUT2D eigenvalue weighted by Gasteiger charge is -2.16. The monoisotopic (exact) mass is 409 g/mol. The number of pyridine rings is 1. The van der Waals surface area contributed by atoms with Crippen molar-refractivity contribution in [2.75, 3.05) is 0 Å².